The molecule has 238 valence electrons. The van der Waals surface area contributed by atoms with E-state index in [4.69, 9.17) is 0 Å². The van der Waals surface area contributed by atoms with Crippen LogP contribution in [0.4, 0.5) is 0 Å². The van der Waals surface area contributed by atoms with E-state index in [2.05, 4.69) is 26.3 Å². The van der Waals surface area contributed by atoms with Gasteiger partial charge in [-0.25, -0.2) is 0 Å². The third-order valence-electron chi connectivity index (χ3n) is 8.15. The van der Waals surface area contributed by atoms with Gasteiger partial charge in [-0.2, -0.15) is 0 Å². The summed E-state index contributed by atoms with van der Waals surface area (Å²) in [5, 5.41) is 21.3. The Hall–Kier alpha value is -4.42. The smallest absolute Gasteiger partial charge is 0.305 e. The average Bonchev–Trinajstić information content (AvgIpc) is 3.61. The second-order valence-corrected chi connectivity index (χ2v) is 12.4. The highest BCUT2D eigenvalue weighted by Gasteiger charge is 2.41. The van der Waals surface area contributed by atoms with Gasteiger partial charge in [-0.05, 0) is 42.7 Å². The summed E-state index contributed by atoms with van der Waals surface area (Å²) >= 11 is 0. The van der Waals surface area contributed by atoms with Gasteiger partial charge in [0.15, 0.2) is 0 Å². The van der Waals surface area contributed by atoms with Crippen molar-refractivity contribution >= 4 is 46.4 Å². The molecule has 0 bridgehead atoms. The van der Waals surface area contributed by atoms with Crippen LogP contribution >= 0.6 is 0 Å². The van der Waals surface area contributed by atoms with Crippen LogP contribution in [0.3, 0.4) is 0 Å². The topological polar surface area (TPSA) is 190 Å². The maximum atomic E-state index is 13.8. The zero-order valence-corrected chi connectivity index (χ0v) is 25.5. The SMILES string of the molecule is CC(C)CC1NC(=O)[C@@H](C(C)C)NC(=O)[C@@H]2CCCN2C(=O)[C@@H](CC(=O)O)NC(=O)[C@@H](Cc2c[nH]c3ccccc23)NC1=O. The summed E-state index contributed by atoms with van der Waals surface area (Å²) in [6, 6.07) is 1.79. The lowest BCUT2D eigenvalue weighted by Gasteiger charge is -2.30. The third kappa shape index (κ3) is 7.56. The first kappa shape index (κ1) is 32.5. The Bertz CT molecular complexity index is 1420. The molecule has 2 fully saturated rings. The van der Waals surface area contributed by atoms with Crippen LogP contribution in [-0.4, -0.2) is 87.2 Å². The molecule has 4 rings (SSSR count). The molecular formula is C31H42N6O7. The summed E-state index contributed by atoms with van der Waals surface area (Å²) in [6.07, 6.45) is 2.11. The minimum atomic E-state index is -1.48. The van der Waals surface area contributed by atoms with Gasteiger partial charge in [0.2, 0.25) is 29.5 Å². The quantitative estimate of drug-likeness (QED) is 0.268. The highest BCUT2D eigenvalue weighted by Crippen LogP contribution is 2.22. The zero-order valence-electron chi connectivity index (χ0n) is 25.5. The first-order valence-corrected chi connectivity index (χ1v) is 15.1. The van der Waals surface area contributed by atoms with E-state index in [1.54, 1.807) is 20.0 Å². The zero-order chi connectivity index (χ0) is 32.1. The van der Waals surface area contributed by atoms with Crippen LogP contribution in [0.15, 0.2) is 30.5 Å². The number of nitrogens with one attached hydrogen (secondary N) is 5. The van der Waals surface area contributed by atoms with E-state index < -0.39 is 72.1 Å². The standard InChI is InChI=1S/C31H42N6O7/c1-16(2)12-21-27(40)33-22(13-18-15-32-20-9-6-5-8-19(18)20)28(41)35-23(14-25(38)39)31(44)37-11-7-10-24(37)29(42)36-26(17(3)4)30(43)34-21/h5-6,8-9,15-17,21-24,26,32H,7,10-14H2,1-4H3,(H,33,40)(H,34,43)(H,35,41)(H,36,42)(H,38,39)/t21?,22-,23-,24+,26-/m1/s1. The Morgan fingerprint density at radius 3 is 2.23 bits per heavy atom. The van der Waals surface area contributed by atoms with E-state index in [1.807, 2.05) is 38.1 Å². The Kier molecular flexibility index (Phi) is 10.3. The number of hydrogen-bond acceptors (Lipinski definition) is 6. The minimum absolute atomic E-state index is 0.00858. The average molecular weight is 611 g/mol. The lowest BCUT2D eigenvalue weighted by molar-refractivity contribution is -0.146. The predicted octanol–water partition coefficient (Wildman–Crippen LogP) is 0.831. The number of H-pyrrole nitrogens is 1. The first-order valence-electron chi connectivity index (χ1n) is 15.1. The van der Waals surface area contributed by atoms with E-state index in [1.165, 1.54) is 4.90 Å². The molecule has 6 N–H and O–H groups in total. The fourth-order valence-electron chi connectivity index (χ4n) is 5.90. The minimum Gasteiger partial charge on any atom is -0.481 e. The van der Waals surface area contributed by atoms with Crippen molar-refractivity contribution in [1.29, 1.82) is 0 Å². The molecule has 5 amide bonds. The van der Waals surface area contributed by atoms with Crippen molar-refractivity contribution in [2.75, 3.05) is 6.54 Å². The number of aromatic nitrogens is 1. The molecule has 1 aromatic heterocycles. The third-order valence-corrected chi connectivity index (χ3v) is 8.15. The summed E-state index contributed by atoms with van der Waals surface area (Å²) in [4.78, 5) is 84.4. The molecule has 0 radical (unpaired) electrons. The molecule has 44 heavy (non-hydrogen) atoms. The summed E-state index contributed by atoms with van der Waals surface area (Å²) in [5.74, 6) is -4.86. The number of rotatable bonds is 7. The van der Waals surface area contributed by atoms with E-state index in [-0.39, 0.29) is 31.2 Å². The van der Waals surface area contributed by atoms with Gasteiger partial charge in [0.25, 0.3) is 0 Å². The summed E-state index contributed by atoms with van der Waals surface area (Å²) < 4.78 is 0. The number of carbonyl (C=O) groups excluding carboxylic acids is 5. The number of hydrogen-bond donors (Lipinski definition) is 6. The lowest BCUT2D eigenvalue weighted by Crippen LogP contribution is -2.59. The van der Waals surface area contributed by atoms with Crippen molar-refractivity contribution in [3.05, 3.63) is 36.0 Å². The lowest BCUT2D eigenvalue weighted by atomic mass is 9.98. The Morgan fingerprint density at radius 1 is 0.886 bits per heavy atom. The largest absolute Gasteiger partial charge is 0.481 e. The molecule has 5 atom stereocenters. The van der Waals surface area contributed by atoms with Crippen LogP contribution in [0, 0.1) is 11.8 Å². The van der Waals surface area contributed by atoms with Crippen LogP contribution in [0.25, 0.3) is 10.9 Å². The first-order chi connectivity index (χ1) is 20.8. The van der Waals surface area contributed by atoms with Crippen molar-refractivity contribution in [1.82, 2.24) is 31.2 Å². The Morgan fingerprint density at radius 2 is 1.55 bits per heavy atom. The van der Waals surface area contributed by atoms with Crippen LogP contribution in [0.5, 0.6) is 0 Å². The molecule has 0 saturated carbocycles. The summed E-state index contributed by atoms with van der Waals surface area (Å²) in [7, 11) is 0. The van der Waals surface area contributed by atoms with E-state index in [9.17, 15) is 33.9 Å². The molecule has 3 heterocycles. The van der Waals surface area contributed by atoms with E-state index >= 15 is 0 Å². The van der Waals surface area contributed by atoms with Crippen molar-refractivity contribution in [2.45, 2.75) is 90.0 Å². The summed E-state index contributed by atoms with van der Waals surface area (Å²) in [5.41, 5.74) is 1.55. The Labute approximate surface area is 255 Å². The molecule has 2 aliphatic heterocycles. The van der Waals surface area contributed by atoms with Gasteiger partial charge < -0.3 is 36.3 Å². The highest BCUT2D eigenvalue weighted by atomic mass is 16.4. The highest BCUT2D eigenvalue weighted by molar-refractivity contribution is 5.99. The second-order valence-electron chi connectivity index (χ2n) is 12.4. The van der Waals surface area contributed by atoms with Crippen molar-refractivity contribution in [2.24, 2.45) is 11.8 Å². The van der Waals surface area contributed by atoms with Crippen molar-refractivity contribution in [3.63, 3.8) is 0 Å². The molecule has 1 unspecified atom stereocenters. The molecule has 0 aliphatic carbocycles. The number of amides is 5. The van der Waals surface area contributed by atoms with E-state index in [0.717, 1.165) is 16.5 Å². The Balaban J connectivity index is 1.76. The second kappa shape index (κ2) is 13.9. The van der Waals surface area contributed by atoms with Gasteiger partial charge in [0, 0.05) is 30.1 Å². The fraction of sp³-hybridized carbons (Fsp3) is 0.548. The number of aliphatic carboxylic acids is 1. The molecule has 13 nitrogen and oxygen atoms in total. The van der Waals surface area contributed by atoms with Gasteiger partial charge in [-0.3, -0.25) is 28.8 Å². The van der Waals surface area contributed by atoms with Crippen molar-refractivity contribution < 1.29 is 33.9 Å². The molecular weight excluding hydrogens is 568 g/mol. The fourth-order valence-corrected chi connectivity index (χ4v) is 5.90. The monoisotopic (exact) mass is 610 g/mol. The number of carbonyl (C=O) groups is 6. The number of benzene rings is 1. The van der Waals surface area contributed by atoms with Gasteiger partial charge in [-0.15, -0.1) is 0 Å². The van der Waals surface area contributed by atoms with Gasteiger partial charge in [-0.1, -0.05) is 45.9 Å². The predicted molar refractivity (Wildman–Crippen MR) is 161 cm³/mol. The normalized spacial score (nSPS) is 25.6. The van der Waals surface area contributed by atoms with Crippen LogP contribution in [0.2, 0.25) is 0 Å². The number of nitrogens with zero attached hydrogens (tertiary/aromatic N) is 1. The number of carboxylic acids is 1. The maximum absolute atomic E-state index is 13.8. The number of fused-ring (bicyclic) bond motifs is 2. The van der Waals surface area contributed by atoms with E-state index in [0.29, 0.717) is 12.8 Å². The van der Waals surface area contributed by atoms with Crippen molar-refractivity contribution in [3.8, 4) is 0 Å². The molecule has 13 heteroatoms. The van der Waals surface area contributed by atoms with Gasteiger partial charge >= 0.3 is 5.97 Å². The number of para-hydroxylation sites is 1. The molecule has 2 saturated heterocycles. The van der Waals surface area contributed by atoms with Crippen LogP contribution in [0.1, 0.15) is 58.9 Å². The molecule has 2 aliphatic rings. The molecule has 1 aromatic carbocycles. The number of carboxylic acid groups (broad SMARTS) is 1. The van der Waals surface area contributed by atoms with Gasteiger partial charge in [0.1, 0.15) is 30.2 Å². The van der Waals surface area contributed by atoms with Gasteiger partial charge in [0.05, 0.1) is 6.42 Å². The number of aromatic amines is 1. The van der Waals surface area contributed by atoms with Crippen LogP contribution in [-0.2, 0) is 35.2 Å². The molecule has 2 aromatic rings. The maximum Gasteiger partial charge on any atom is 0.305 e. The summed E-state index contributed by atoms with van der Waals surface area (Å²) in [6.45, 7) is 7.49. The van der Waals surface area contributed by atoms with Crippen LogP contribution < -0.4 is 21.3 Å². The molecule has 0 spiro atoms.